The standard InChI is InChI=1S/C19H20F2N2O4/c1-3-23(10-13-14(20)5-4-6-15(13)21)19(25)12-7-8-16(17(9-12)26-2)27-11-18(22)24/h4-9H,3,10-11H2,1-2H3,(H2,22,24). The molecule has 0 aliphatic heterocycles. The second-order valence-electron chi connectivity index (χ2n) is 5.64. The van der Waals surface area contributed by atoms with Crippen molar-refractivity contribution in [3.8, 4) is 11.5 Å². The Hall–Kier alpha value is -3.16. The third kappa shape index (κ3) is 4.93. The molecule has 0 atom stereocenters. The smallest absolute Gasteiger partial charge is 0.255 e. The van der Waals surface area contributed by atoms with Crippen molar-refractivity contribution in [3.05, 3.63) is 59.2 Å². The maximum absolute atomic E-state index is 13.9. The molecule has 0 spiro atoms. The first-order chi connectivity index (χ1) is 12.9. The van der Waals surface area contributed by atoms with Gasteiger partial charge in [-0.2, -0.15) is 0 Å². The molecule has 0 saturated heterocycles. The SMILES string of the molecule is CCN(Cc1c(F)cccc1F)C(=O)c1ccc(OCC(N)=O)c(OC)c1. The number of rotatable bonds is 8. The second-order valence-corrected chi connectivity index (χ2v) is 5.64. The molecule has 0 aliphatic carbocycles. The number of halogens is 2. The lowest BCUT2D eigenvalue weighted by Crippen LogP contribution is -2.31. The van der Waals surface area contributed by atoms with Crippen LogP contribution >= 0.6 is 0 Å². The van der Waals surface area contributed by atoms with Crippen molar-refractivity contribution in [2.45, 2.75) is 13.5 Å². The second kappa shape index (κ2) is 8.98. The number of nitrogens with zero attached hydrogens (tertiary/aromatic N) is 1. The number of benzene rings is 2. The van der Waals surface area contributed by atoms with Gasteiger partial charge < -0.3 is 20.1 Å². The van der Waals surface area contributed by atoms with Crippen LogP contribution in [0.1, 0.15) is 22.8 Å². The van der Waals surface area contributed by atoms with Crippen LogP contribution in [0, 0.1) is 11.6 Å². The van der Waals surface area contributed by atoms with Crippen molar-refractivity contribution >= 4 is 11.8 Å². The highest BCUT2D eigenvalue weighted by Crippen LogP contribution is 2.29. The van der Waals surface area contributed by atoms with Gasteiger partial charge in [0.1, 0.15) is 11.6 Å². The Labute approximate surface area is 155 Å². The number of primary amides is 1. The third-order valence-corrected chi connectivity index (χ3v) is 3.86. The highest BCUT2D eigenvalue weighted by molar-refractivity contribution is 5.95. The lowest BCUT2D eigenvalue weighted by molar-refractivity contribution is -0.119. The van der Waals surface area contributed by atoms with E-state index >= 15 is 0 Å². The molecule has 0 heterocycles. The van der Waals surface area contributed by atoms with Crippen LogP contribution in [0.5, 0.6) is 11.5 Å². The molecular formula is C19H20F2N2O4. The fraction of sp³-hybridized carbons (Fsp3) is 0.263. The van der Waals surface area contributed by atoms with Crippen LogP contribution in [0.25, 0.3) is 0 Å². The van der Waals surface area contributed by atoms with Crippen molar-refractivity contribution in [1.82, 2.24) is 4.90 Å². The topological polar surface area (TPSA) is 81.9 Å². The van der Waals surface area contributed by atoms with E-state index in [2.05, 4.69) is 0 Å². The van der Waals surface area contributed by atoms with Crippen molar-refractivity contribution in [2.75, 3.05) is 20.3 Å². The lowest BCUT2D eigenvalue weighted by Gasteiger charge is -2.22. The molecule has 2 aromatic carbocycles. The minimum absolute atomic E-state index is 0.180. The number of nitrogens with two attached hydrogens (primary N) is 1. The molecule has 0 unspecified atom stereocenters. The van der Waals surface area contributed by atoms with Gasteiger partial charge in [0.15, 0.2) is 18.1 Å². The summed E-state index contributed by atoms with van der Waals surface area (Å²) in [5.41, 5.74) is 5.11. The van der Waals surface area contributed by atoms with Crippen molar-refractivity contribution < 1.29 is 27.8 Å². The number of hydrogen-bond donors (Lipinski definition) is 1. The average molecular weight is 378 g/mol. The van der Waals surface area contributed by atoms with Crippen LogP contribution in [0.15, 0.2) is 36.4 Å². The summed E-state index contributed by atoms with van der Waals surface area (Å²) in [6.45, 7) is 1.40. The van der Waals surface area contributed by atoms with Crippen LogP contribution < -0.4 is 15.2 Å². The quantitative estimate of drug-likeness (QED) is 0.765. The normalized spacial score (nSPS) is 10.4. The summed E-state index contributed by atoms with van der Waals surface area (Å²) in [6, 6.07) is 7.92. The van der Waals surface area contributed by atoms with Gasteiger partial charge >= 0.3 is 0 Å². The fourth-order valence-corrected chi connectivity index (χ4v) is 2.45. The van der Waals surface area contributed by atoms with Gasteiger partial charge in [-0.3, -0.25) is 9.59 Å². The zero-order valence-electron chi connectivity index (χ0n) is 15.0. The van der Waals surface area contributed by atoms with E-state index in [0.29, 0.717) is 0 Å². The maximum atomic E-state index is 13.9. The Morgan fingerprint density at radius 1 is 1.11 bits per heavy atom. The van der Waals surface area contributed by atoms with E-state index in [9.17, 15) is 18.4 Å². The number of carbonyl (C=O) groups excluding carboxylic acids is 2. The molecule has 144 valence electrons. The van der Waals surface area contributed by atoms with Gasteiger partial charge in [-0.25, -0.2) is 8.78 Å². The summed E-state index contributed by atoms with van der Waals surface area (Å²) in [4.78, 5) is 24.9. The summed E-state index contributed by atoms with van der Waals surface area (Å²) in [5.74, 6) is -2.03. The van der Waals surface area contributed by atoms with Gasteiger partial charge in [0.25, 0.3) is 11.8 Å². The molecule has 8 heteroatoms. The number of amides is 2. The molecule has 0 saturated carbocycles. The molecule has 2 N–H and O–H groups in total. The predicted molar refractivity (Wildman–Crippen MR) is 94.5 cm³/mol. The van der Waals surface area contributed by atoms with Crippen molar-refractivity contribution in [1.29, 1.82) is 0 Å². The van der Waals surface area contributed by atoms with Crippen LogP contribution in [0.3, 0.4) is 0 Å². The first-order valence-corrected chi connectivity index (χ1v) is 8.18. The number of hydrogen-bond acceptors (Lipinski definition) is 4. The van der Waals surface area contributed by atoms with Gasteiger partial charge in [-0.15, -0.1) is 0 Å². The maximum Gasteiger partial charge on any atom is 0.255 e. The van der Waals surface area contributed by atoms with Crippen LogP contribution in [0.4, 0.5) is 8.78 Å². The Balaban J connectivity index is 2.25. The zero-order chi connectivity index (χ0) is 20.0. The minimum atomic E-state index is -0.714. The summed E-state index contributed by atoms with van der Waals surface area (Å²) in [5, 5.41) is 0. The first kappa shape index (κ1) is 20.2. The monoisotopic (exact) mass is 378 g/mol. The molecule has 0 radical (unpaired) electrons. The minimum Gasteiger partial charge on any atom is -0.493 e. The molecule has 0 bridgehead atoms. The van der Waals surface area contributed by atoms with Crippen LogP contribution in [-0.4, -0.2) is 37.0 Å². The number of methoxy groups -OCH3 is 1. The largest absolute Gasteiger partial charge is 0.493 e. The van der Waals surface area contributed by atoms with E-state index in [-0.39, 0.29) is 42.3 Å². The Bertz CT molecular complexity index is 822. The van der Waals surface area contributed by atoms with Gasteiger partial charge in [0.2, 0.25) is 0 Å². The molecular weight excluding hydrogens is 358 g/mol. The van der Waals surface area contributed by atoms with Crippen molar-refractivity contribution in [2.24, 2.45) is 5.73 Å². The first-order valence-electron chi connectivity index (χ1n) is 8.18. The summed E-state index contributed by atoms with van der Waals surface area (Å²) in [7, 11) is 1.38. The molecule has 2 aromatic rings. The van der Waals surface area contributed by atoms with Gasteiger partial charge in [-0.1, -0.05) is 6.07 Å². The average Bonchev–Trinajstić information content (AvgIpc) is 2.65. The highest BCUT2D eigenvalue weighted by Gasteiger charge is 2.20. The van der Waals surface area contributed by atoms with E-state index < -0.39 is 23.4 Å². The molecule has 0 aromatic heterocycles. The lowest BCUT2D eigenvalue weighted by atomic mass is 10.1. The Morgan fingerprint density at radius 2 is 1.78 bits per heavy atom. The fourth-order valence-electron chi connectivity index (χ4n) is 2.45. The molecule has 27 heavy (non-hydrogen) atoms. The molecule has 0 fully saturated rings. The third-order valence-electron chi connectivity index (χ3n) is 3.86. The Kier molecular flexibility index (Phi) is 6.70. The summed E-state index contributed by atoms with van der Waals surface area (Å²) < 4.78 is 38.1. The van der Waals surface area contributed by atoms with E-state index in [1.807, 2.05) is 0 Å². The summed E-state index contributed by atoms with van der Waals surface area (Å²) >= 11 is 0. The van der Waals surface area contributed by atoms with Crippen molar-refractivity contribution in [3.63, 3.8) is 0 Å². The highest BCUT2D eigenvalue weighted by atomic mass is 19.1. The van der Waals surface area contributed by atoms with E-state index in [4.69, 9.17) is 15.2 Å². The van der Waals surface area contributed by atoms with E-state index in [1.54, 1.807) is 6.92 Å². The number of carbonyl (C=O) groups is 2. The van der Waals surface area contributed by atoms with Gasteiger partial charge in [-0.05, 0) is 37.3 Å². The Morgan fingerprint density at radius 3 is 2.33 bits per heavy atom. The van der Waals surface area contributed by atoms with E-state index in [1.165, 1.54) is 36.3 Å². The van der Waals surface area contributed by atoms with E-state index in [0.717, 1.165) is 12.1 Å². The molecule has 2 amide bonds. The predicted octanol–water partition coefficient (Wildman–Crippen LogP) is 2.50. The van der Waals surface area contributed by atoms with Gasteiger partial charge in [0.05, 0.1) is 13.7 Å². The van der Waals surface area contributed by atoms with Gasteiger partial charge in [0, 0.05) is 17.7 Å². The van der Waals surface area contributed by atoms with Crippen LogP contribution in [0.2, 0.25) is 0 Å². The molecule has 6 nitrogen and oxygen atoms in total. The van der Waals surface area contributed by atoms with Crippen LogP contribution in [-0.2, 0) is 11.3 Å². The summed E-state index contributed by atoms with van der Waals surface area (Å²) in [6.07, 6.45) is 0. The molecule has 0 aliphatic rings. The molecule has 2 rings (SSSR count). The zero-order valence-corrected chi connectivity index (χ0v) is 15.0. The number of ether oxygens (including phenoxy) is 2.